The molecule has 0 radical (unpaired) electrons. The van der Waals surface area contributed by atoms with Gasteiger partial charge in [-0.15, -0.1) is 0 Å². The van der Waals surface area contributed by atoms with Gasteiger partial charge in [0.05, 0.1) is 25.5 Å². The molecule has 5 heteroatoms. The largest absolute Gasteiger partial charge is 0.495 e. The van der Waals surface area contributed by atoms with Crippen LogP contribution in [-0.4, -0.2) is 20.2 Å². The fourth-order valence-electron chi connectivity index (χ4n) is 1.93. The Balaban J connectivity index is 2.10. The number of carbonyl (C=O) groups excluding carboxylic acids is 1. The van der Waals surface area contributed by atoms with Gasteiger partial charge in [-0.1, -0.05) is 18.2 Å². The quantitative estimate of drug-likeness (QED) is 0.858. The van der Waals surface area contributed by atoms with Crippen LogP contribution < -0.4 is 10.1 Å². The summed E-state index contributed by atoms with van der Waals surface area (Å²) >= 11 is 0. The minimum atomic E-state index is -0.684. The van der Waals surface area contributed by atoms with Crippen molar-refractivity contribution in [3.8, 4) is 5.75 Å². The average Bonchev–Trinajstić information content (AvgIpc) is 2.52. The third kappa shape index (κ3) is 3.51. The van der Waals surface area contributed by atoms with Crippen LogP contribution in [0, 0.1) is 5.82 Å². The fraction of sp³-hybridized carbons (Fsp3) is 0.188. The van der Waals surface area contributed by atoms with Crippen LogP contribution >= 0.6 is 0 Å². The monoisotopic (exact) mass is 289 g/mol. The van der Waals surface area contributed by atoms with Crippen LogP contribution in [0.4, 0.5) is 10.1 Å². The number of nitrogens with one attached hydrogen (secondary N) is 1. The Morgan fingerprint density at radius 1 is 1.19 bits per heavy atom. The molecule has 21 heavy (non-hydrogen) atoms. The molecule has 0 aromatic heterocycles. The summed E-state index contributed by atoms with van der Waals surface area (Å²) in [6.07, 6.45) is 0. The topological polar surface area (TPSA) is 47.6 Å². The standard InChI is InChI=1S/C16H16FNO3/c1-20-15-6-4-3-5-14(15)18-10-11-7-8-12(13(17)9-11)16(19)21-2/h3-9,18H,10H2,1-2H3. The molecule has 0 fully saturated rings. The van der Waals surface area contributed by atoms with Crippen molar-refractivity contribution < 1.29 is 18.7 Å². The van der Waals surface area contributed by atoms with Gasteiger partial charge in [0.15, 0.2) is 0 Å². The van der Waals surface area contributed by atoms with E-state index in [9.17, 15) is 9.18 Å². The van der Waals surface area contributed by atoms with Gasteiger partial charge in [-0.05, 0) is 29.8 Å². The Labute approximate surface area is 122 Å². The number of ether oxygens (including phenoxy) is 2. The number of halogens is 1. The number of hydrogen-bond donors (Lipinski definition) is 1. The number of carbonyl (C=O) groups is 1. The van der Waals surface area contributed by atoms with E-state index in [1.165, 1.54) is 19.2 Å². The third-order valence-corrected chi connectivity index (χ3v) is 3.03. The van der Waals surface area contributed by atoms with Crippen molar-refractivity contribution in [3.63, 3.8) is 0 Å². The fourth-order valence-corrected chi connectivity index (χ4v) is 1.93. The molecule has 1 N–H and O–H groups in total. The molecule has 0 aliphatic rings. The molecule has 0 aliphatic heterocycles. The van der Waals surface area contributed by atoms with E-state index >= 15 is 0 Å². The molecule has 2 aromatic carbocycles. The van der Waals surface area contributed by atoms with Gasteiger partial charge in [-0.3, -0.25) is 0 Å². The van der Waals surface area contributed by atoms with Crippen LogP contribution in [0.5, 0.6) is 5.75 Å². The molecule has 0 spiro atoms. The third-order valence-electron chi connectivity index (χ3n) is 3.03. The lowest BCUT2D eigenvalue weighted by molar-refractivity contribution is 0.0595. The van der Waals surface area contributed by atoms with Gasteiger partial charge in [0.25, 0.3) is 0 Å². The van der Waals surface area contributed by atoms with Crippen molar-refractivity contribution in [2.45, 2.75) is 6.54 Å². The number of esters is 1. The molecule has 4 nitrogen and oxygen atoms in total. The normalized spacial score (nSPS) is 10.0. The molecule has 0 bridgehead atoms. The van der Waals surface area contributed by atoms with E-state index in [0.29, 0.717) is 17.9 Å². The summed E-state index contributed by atoms with van der Waals surface area (Å²) < 4.78 is 23.5. The summed E-state index contributed by atoms with van der Waals surface area (Å²) in [6.45, 7) is 0.415. The second kappa shape index (κ2) is 6.74. The minimum absolute atomic E-state index is 0.0708. The Bertz CT molecular complexity index is 643. The van der Waals surface area contributed by atoms with Gasteiger partial charge in [0, 0.05) is 6.54 Å². The molecule has 0 heterocycles. The summed E-state index contributed by atoms with van der Waals surface area (Å²) in [4.78, 5) is 11.3. The van der Waals surface area contributed by atoms with Crippen molar-refractivity contribution in [2.24, 2.45) is 0 Å². The zero-order valence-corrected chi connectivity index (χ0v) is 11.9. The Kier molecular flexibility index (Phi) is 4.77. The predicted molar refractivity (Wildman–Crippen MR) is 78.1 cm³/mol. The van der Waals surface area contributed by atoms with E-state index in [4.69, 9.17) is 4.74 Å². The molecule has 0 saturated carbocycles. The van der Waals surface area contributed by atoms with Crippen LogP contribution in [0.15, 0.2) is 42.5 Å². The van der Waals surface area contributed by atoms with Crippen molar-refractivity contribution >= 4 is 11.7 Å². The maximum absolute atomic E-state index is 13.8. The van der Waals surface area contributed by atoms with E-state index in [2.05, 4.69) is 10.1 Å². The Morgan fingerprint density at radius 2 is 1.95 bits per heavy atom. The average molecular weight is 289 g/mol. The molecular weight excluding hydrogens is 273 g/mol. The lowest BCUT2D eigenvalue weighted by Gasteiger charge is -2.11. The Hall–Kier alpha value is -2.56. The first-order chi connectivity index (χ1) is 10.2. The van der Waals surface area contributed by atoms with Crippen molar-refractivity contribution in [1.29, 1.82) is 0 Å². The lowest BCUT2D eigenvalue weighted by Crippen LogP contribution is -2.06. The zero-order chi connectivity index (χ0) is 15.2. The summed E-state index contributed by atoms with van der Waals surface area (Å²) in [7, 11) is 2.81. The van der Waals surface area contributed by atoms with Crippen molar-refractivity contribution in [3.05, 3.63) is 59.4 Å². The second-order valence-corrected chi connectivity index (χ2v) is 4.36. The predicted octanol–water partition coefficient (Wildman–Crippen LogP) is 3.23. The first kappa shape index (κ1) is 14.8. The van der Waals surface area contributed by atoms with Gasteiger partial charge < -0.3 is 14.8 Å². The zero-order valence-electron chi connectivity index (χ0n) is 11.9. The molecule has 0 atom stereocenters. The highest BCUT2D eigenvalue weighted by molar-refractivity contribution is 5.89. The van der Waals surface area contributed by atoms with E-state index in [0.717, 1.165) is 5.69 Å². The molecular formula is C16H16FNO3. The lowest BCUT2D eigenvalue weighted by atomic mass is 10.1. The van der Waals surface area contributed by atoms with Crippen LogP contribution in [0.1, 0.15) is 15.9 Å². The van der Waals surface area contributed by atoms with Crippen LogP contribution in [-0.2, 0) is 11.3 Å². The Morgan fingerprint density at radius 3 is 2.62 bits per heavy atom. The first-order valence-electron chi connectivity index (χ1n) is 6.39. The molecule has 0 aliphatic carbocycles. The van der Waals surface area contributed by atoms with Gasteiger partial charge >= 0.3 is 5.97 Å². The van der Waals surface area contributed by atoms with Crippen molar-refractivity contribution in [2.75, 3.05) is 19.5 Å². The minimum Gasteiger partial charge on any atom is -0.495 e. The van der Waals surface area contributed by atoms with Crippen LogP contribution in [0.25, 0.3) is 0 Å². The number of anilines is 1. The maximum atomic E-state index is 13.8. The molecule has 110 valence electrons. The highest BCUT2D eigenvalue weighted by Gasteiger charge is 2.12. The van der Waals surface area contributed by atoms with Gasteiger partial charge in [0.1, 0.15) is 11.6 Å². The van der Waals surface area contributed by atoms with Gasteiger partial charge in [0.2, 0.25) is 0 Å². The number of benzene rings is 2. The summed E-state index contributed by atoms with van der Waals surface area (Å²) in [5, 5.41) is 3.16. The number of hydrogen-bond acceptors (Lipinski definition) is 4. The summed E-state index contributed by atoms with van der Waals surface area (Å²) in [5.41, 5.74) is 1.46. The number of rotatable bonds is 5. The highest BCUT2D eigenvalue weighted by atomic mass is 19.1. The van der Waals surface area contributed by atoms with Gasteiger partial charge in [-0.25, -0.2) is 9.18 Å². The molecule has 2 aromatic rings. The molecule has 0 amide bonds. The highest BCUT2D eigenvalue weighted by Crippen LogP contribution is 2.23. The van der Waals surface area contributed by atoms with Crippen LogP contribution in [0.2, 0.25) is 0 Å². The van der Waals surface area contributed by atoms with E-state index in [-0.39, 0.29) is 5.56 Å². The van der Waals surface area contributed by atoms with Crippen molar-refractivity contribution in [1.82, 2.24) is 0 Å². The van der Waals surface area contributed by atoms with E-state index in [1.807, 2.05) is 24.3 Å². The number of para-hydroxylation sites is 2. The smallest absolute Gasteiger partial charge is 0.340 e. The van der Waals surface area contributed by atoms with Gasteiger partial charge in [-0.2, -0.15) is 0 Å². The second-order valence-electron chi connectivity index (χ2n) is 4.36. The number of methoxy groups -OCH3 is 2. The maximum Gasteiger partial charge on any atom is 0.340 e. The van der Waals surface area contributed by atoms with Crippen LogP contribution in [0.3, 0.4) is 0 Å². The SMILES string of the molecule is COC(=O)c1ccc(CNc2ccccc2OC)cc1F. The summed E-state index contributed by atoms with van der Waals surface area (Å²) in [6, 6.07) is 11.9. The van der Waals surface area contributed by atoms with E-state index < -0.39 is 11.8 Å². The summed E-state index contributed by atoms with van der Waals surface area (Å²) in [5.74, 6) is -0.568. The first-order valence-corrected chi connectivity index (χ1v) is 6.39. The molecule has 0 unspecified atom stereocenters. The molecule has 0 saturated heterocycles. The molecule has 2 rings (SSSR count). The van der Waals surface area contributed by atoms with E-state index in [1.54, 1.807) is 13.2 Å².